The van der Waals surface area contributed by atoms with Crippen LogP contribution < -0.4 is 9.47 Å². The van der Waals surface area contributed by atoms with Crippen LogP contribution in [0.3, 0.4) is 0 Å². The van der Waals surface area contributed by atoms with E-state index in [1.165, 1.54) is 0 Å². The Bertz CT molecular complexity index is 756. The number of carbonyl (C=O) groups is 1. The molecule has 0 unspecified atom stereocenters. The Labute approximate surface area is 141 Å². The highest BCUT2D eigenvalue weighted by Gasteiger charge is 2.33. The third-order valence-electron chi connectivity index (χ3n) is 4.29. The number of methoxy groups -OCH3 is 2. The summed E-state index contributed by atoms with van der Waals surface area (Å²) in [5.41, 5.74) is 0.843. The highest BCUT2D eigenvalue weighted by molar-refractivity contribution is 5.82. The van der Waals surface area contributed by atoms with Gasteiger partial charge in [-0.05, 0) is 31.5 Å². The average Bonchev–Trinajstić information content (AvgIpc) is 3.03. The number of ether oxygens (including phenoxy) is 2. The fourth-order valence-corrected chi connectivity index (χ4v) is 3.09. The molecule has 3 rings (SSSR count). The number of amides is 1. The second-order valence-electron chi connectivity index (χ2n) is 5.82. The highest BCUT2D eigenvalue weighted by Crippen LogP contribution is 2.34. The number of hydrogen-bond donors (Lipinski definition) is 0. The van der Waals surface area contributed by atoms with Crippen LogP contribution >= 0.6 is 0 Å². The number of nitrogens with zero attached hydrogens (tertiary/aromatic N) is 4. The van der Waals surface area contributed by atoms with Gasteiger partial charge >= 0.3 is 0 Å². The molecule has 128 valence electrons. The molecule has 1 aliphatic rings. The fraction of sp³-hybridized carbons (Fsp3) is 0.471. The SMILES string of the molecule is CCCN1Cc2nnc(-c3ccc(OC)c(OC)c3)n2[C@H](C)C1=O. The van der Waals surface area contributed by atoms with Crippen molar-refractivity contribution in [3.8, 4) is 22.9 Å². The van der Waals surface area contributed by atoms with Crippen LogP contribution in [0.4, 0.5) is 0 Å². The average molecular weight is 330 g/mol. The molecule has 2 heterocycles. The van der Waals surface area contributed by atoms with Crippen molar-refractivity contribution in [1.82, 2.24) is 19.7 Å². The van der Waals surface area contributed by atoms with Crippen molar-refractivity contribution in [2.24, 2.45) is 0 Å². The summed E-state index contributed by atoms with van der Waals surface area (Å²) in [5.74, 6) is 2.85. The summed E-state index contributed by atoms with van der Waals surface area (Å²) in [6.45, 7) is 5.19. The Morgan fingerprint density at radius 1 is 1.21 bits per heavy atom. The predicted octanol–water partition coefficient (Wildman–Crippen LogP) is 2.28. The molecule has 0 saturated carbocycles. The second-order valence-corrected chi connectivity index (χ2v) is 5.82. The van der Waals surface area contributed by atoms with Gasteiger partial charge in [-0.2, -0.15) is 0 Å². The molecule has 1 atom stereocenters. The molecule has 7 nitrogen and oxygen atoms in total. The maximum absolute atomic E-state index is 12.6. The van der Waals surface area contributed by atoms with Gasteiger partial charge in [0.1, 0.15) is 6.04 Å². The predicted molar refractivity (Wildman–Crippen MR) is 89.0 cm³/mol. The highest BCUT2D eigenvalue weighted by atomic mass is 16.5. The minimum atomic E-state index is -0.321. The lowest BCUT2D eigenvalue weighted by Crippen LogP contribution is -2.42. The van der Waals surface area contributed by atoms with Gasteiger partial charge in [-0.1, -0.05) is 6.92 Å². The Morgan fingerprint density at radius 2 is 1.96 bits per heavy atom. The van der Waals surface area contributed by atoms with Crippen LogP contribution in [0.1, 0.15) is 32.1 Å². The Hall–Kier alpha value is -2.57. The fourth-order valence-electron chi connectivity index (χ4n) is 3.09. The molecule has 0 radical (unpaired) electrons. The van der Waals surface area contributed by atoms with E-state index in [4.69, 9.17) is 9.47 Å². The number of aromatic nitrogens is 3. The van der Waals surface area contributed by atoms with Crippen LogP contribution in [0.25, 0.3) is 11.4 Å². The molecule has 0 aliphatic carbocycles. The molecule has 1 amide bonds. The summed E-state index contributed by atoms with van der Waals surface area (Å²) in [4.78, 5) is 14.4. The first kappa shape index (κ1) is 16.3. The van der Waals surface area contributed by atoms with Crippen molar-refractivity contribution in [2.75, 3.05) is 20.8 Å². The normalized spacial score (nSPS) is 16.9. The molecule has 0 N–H and O–H groups in total. The summed E-state index contributed by atoms with van der Waals surface area (Å²) >= 11 is 0. The van der Waals surface area contributed by atoms with E-state index in [9.17, 15) is 4.79 Å². The smallest absolute Gasteiger partial charge is 0.245 e. The first-order valence-corrected chi connectivity index (χ1v) is 8.05. The van der Waals surface area contributed by atoms with Crippen molar-refractivity contribution in [1.29, 1.82) is 0 Å². The topological polar surface area (TPSA) is 69.5 Å². The van der Waals surface area contributed by atoms with Gasteiger partial charge in [0.15, 0.2) is 23.1 Å². The van der Waals surface area contributed by atoms with Crippen molar-refractivity contribution in [3.05, 3.63) is 24.0 Å². The molecular weight excluding hydrogens is 308 g/mol. The summed E-state index contributed by atoms with van der Waals surface area (Å²) in [5, 5.41) is 8.61. The van der Waals surface area contributed by atoms with Gasteiger partial charge in [0.2, 0.25) is 5.91 Å². The van der Waals surface area contributed by atoms with Gasteiger partial charge in [0.25, 0.3) is 0 Å². The van der Waals surface area contributed by atoms with Crippen LogP contribution in [0.5, 0.6) is 11.5 Å². The minimum absolute atomic E-state index is 0.103. The van der Waals surface area contributed by atoms with Crippen molar-refractivity contribution in [2.45, 2.75) is 32.9 Å². The number of fused-ring (bicyclic) bond motifs is 1. The minimum Gasteiger partial charge on any atom is -0.493 e. The van der Waals surface area contributed by atoms with Crippen LogP contribution in [-0.4, -0.2) is 46.3 Å². The lowest BCUT2D eigenvalue weighted by Gasteiger charge is -2.31. The molecule has 2 aromatic rings. The molecule has 1 aromatic heterocycles. The quantitative estimate of drug-likeness (QED) is 0.841. The zero-order valence-corrected chi connectivity index (χ0v) is 14.4. The molecule has 0 spiro atoms. The van der Waals surface area contributed by atoms with E-state index < -0.39 is 0 Å². The number of rotatable bonds is 5. The molecule has 7 heteroatoms. The first-order valence-electron chi connectivity index (χ1n) is 8.05. The van der Waals surface area contributed by atoms with Crippen molar-refractivity contribution in [3.63, 3.8) is 0 Å². The maximum Gasteiger partial charge on any atom is 0.245 e. The van der Waals surface area contributed by atoms with Gasteiger partial charge in [-0.15, -0.1) is 10.2 Å². The van der Waals surface area contributed by atoms with Gasteiger partial charge in [0.05, 0.1) is 20.8 Å². The third-order valence-corrected chi connectivity index (χ3v) is 4.29. The molecule has 0 saturated heterocycles. The summed E-state index contributed by atoms with van der Waals surface area (Å²) in [6, 6.07) is 5.26. The van der Waals surface area contributed by atoms with Crippen LogP contribution in [0.2, 0.25) is 0 Å². The van der Waals surface area contributed by atoms with E-state index in [1.807, 2.05) is 34.6 Å². The van der Waals surface area contributed by atoms with Crippen molar-refractivity contribution >= 4 is 5.91 Å². The third kappa shape index (κ3) is 2.60. The van der Waals surface area contributed by atoms with E-state index in [1.54, 1.807) is 14.2 Å². The standard InChI is InChI=1S/C17H22N4O3/c1-5-8-20-10-15-18-19-16(21(15)11(2)17(20)22)12-6-7-13(23-3)14(9-12)24-4/h6-7,9,11H,5,8,10H2,1-4H3/t11-/m1/s1. The number of benzene rings is 1. The van der Waals surface area contributed by atoms with Gasteiger partial charge in [-0.25, -0.2) is 0 Å². The second kappa shape index (κ2) is 6.51. The first-order chi connectivity index (χ1) is 11.6. The van der Waals surface area contributed by atoms with E-state index in [2.05, 4.69) is 17.1 Å². The van der Waals surface area contributed by atoms with Crippen LogP contribution in [-0.2, 0) is 11.3 Å². The van der Waals surface area contributed by atoms with E-state index >= 15 is 0 Å². The molecule has 1 aliphatic heterocycles. The van der Waals surface area contributed by atoms with E-state index in [0.29, 0.717) is 23.9 Å². The van der Waals surface area contributed by atoms with E-state index in [-0.39, 0.29) is 11.9 Å². The maximum atomic E-state index is 12.6. The molecule has 1 aromatic carbocycles. The van der Waals surface area contributed by atoms with E-state index in [0.717, 1.165) is 24.4 Å². The Balaban J connectivity index is 2.03. The summed E-state index contributed by atoms with van der Waals surface area (Å²) in [6.07, 6.45) is 0.926. The zero-order chi connectivity index (χ0) is 17.3. The monoisotopic (exact) mass is 330 g/mol. The molecule has 0 bridgehead atoms. The number of hydrogen-bond acceptors (Lipinski definition) is 5. The van der Waals surface area contributed by atoms with Gasteiger partial charge in [0, 0.05) is 12.1 Å². The van der Waals surface area contributed by atoms with Crippen molar-refractivity contribution < 1.29 is 14.3 Å². The lowest BCUT2D eigenvalue weighted by atomic mass is 10.1. The number of carbonyl (C=O) groups excluding carboxylic acids is 1. The van der Waals surface area contributed by atoms with Gasteiger partial charge in [-0.3, -0.25) is 9.36 Å². The summed E-state index contributed by atoms with van der Waals surface area (Å²) < 4.78 is 12.5. The Morgan fingerprint density at radius 3 is 2.62 bits per heavy atom. The molecular formula is C17H22N4O3. The molecule has 24 heavy (non-hydrogen) atoms. The Kier molecular flexibility index (Phi) is 4.42. The molecule has 0 fully saturated rings. The lowest BCUT2D eigenvalue weighted by molar-refractivity contribution is -0.136. The van der Waals surface area contributed by atoms with Crippen LogP contribution in [0, 0.1) is 0 Å². The van der Waals surface area contributed by atoms with Crippen LogP contribution in [0.15, 0.2) is 18.2 Å². The zero-order valence-electron chi connectivity index (χ0n) is 14.4. The largest absolute Gasteiger partial charge is 0.493 e. The van der Waals surface area contributed by atoms with Gasteiger partial charge < -0.3 is 14.4 Å². The summed E-state index contributed by atoms with van der Waals surface area (Å²) in [7, 11) is 3.19.